The zero-order valence-corrected chi connectivity index (χ0v) is 9.61. The van der Waals surface area contributed by atoms with Gasteiger partial charge in [-0.1, -0.05) is 17.7 Å². The first kappa shape index (κ1) is 12.7. The van der Waals surface area contributed by atoms with Crippen LogP contribution < -0.4 is 5.32 Å². The molecule has 1 unspecified atom stereocenters. The van der Waals surface area contributed by atoms with E-state index in [-0.39, 0.29) is 18.6 Å². The van der Waals surface area contributed by atoms with Crippen molar-refractivity contribution in [1.82, 2.24) is 10.3 Å². The van der Waals surface area contributed by atoms with Gasteiger partial charge < -0.3 is 10.4 Å². The summed E-state index contributed by atoms with van der Waals surface area (Å²) in [5, 5.41) is 11.7. The van der Waals surface area contributed by atoms with Crippen LogP contribution in [0.15, 0.2) is 24.4 Å². The quantitative estimate of drug-likeness (QED) is 0.615. The molecule has 0 aliphatic carbocycles. The smallest absolute Gasteiger partial charge is 0.244 e. The van der Waals surface area contributed by atoms with Gasteiger partial charge >= 0.3 is 0 Å². The van der Waals surface area contributed by atoms with E-state index in [0.29, 0.717) is 5.15 Å². The van der Waals surface area contributed by atoms with Crippen LogP contribution in [0.5, 0.6) is 0 Å². The van der Waals surface area contributed by atoms with E-state index in [1.165, 1.54) is 6.08 Å². The SMILES string of the molecule is CC(CO)NC(=O)/C=C/c1ccc(Cl)nc1. The second-order valence-electron chi connectivity index (χ2n) is 3.34. The molecule has 0 fully saturated rings. The summed E-state index contributed by atoms with van der Waals surface area (Å²) < 4.78 is 0. The Kier molecular flexibility index (Phi) is 4.95. The van der Waals surface area contributed by atoms with E-state index in [9.17, 15) is 4.79 Å². The number of nitrogens with zero attached hydrogens (tertiary/aromatic N) is 1. The van der Waals surface area contributed by atoms with Crippen molar-refractivity contribution in [3.63, 3.8) is 0 Å². The largest absolute Gasteiger partial charge is 0.394 e. The van der Waals surface area contributed by atoms with Crippen LogP contribution in [-0.2, 0) is 4.79 Å². The molecule has 0 spiro atoms. The number of pyridine rings is 1. The molecule has 0 aliphatic rings. The Bertz CT molecular complexity index is 376. The number of rotatable bonds is 4. The molecule has 1 aromatic heterocycles. The monoisotopic (exact) mass is 240 g/mol. The van der Waals surface area contributed by atoms with Crippen LogP contribution in [-0.4, -0.2) is 28.6 Å². The van der Waals surface area contributed by atoms with Crippen LogP contribution in [0.3, 0.4) is 0 Å². The molecule has 0 bridgehead atoms. The summed E-state index contributed by atoms with van der Waals surface area (Å²) in [6.45, 7) is 1.64. The van der Waals surface area contributed by atoms with Crippen LogP contribution in [0.2, 0.25) is 5.15 Å². The summed E-state index contributed by atoms with van der Waals surface area (Å²) in [7, 11) is 0. The highest BCUT2D eigenvalue weighted by molar-refractivity contribution is 6.29. The number of hydrogen-bond acceptors (Lipinski definition) is 3. The molecular weight excluding hydrogens is 228 g/mol. The first-order valence-corrected chi connectivity index (χ1v) is 5.20. The third-order valence-electron chi connectivity index (χ3n) is 1.84. The Labute approximate surface area is 99.0 Å². The van der Waals surface area contributed by atoms with Gasteiger partial charge in [-0.05, 0) is 24.6 Å². The molecule has 1 atom stereocenters. The average molecular weight is 241 g/mol. The fraction of sp³-hybridized carbons (Fsp3) is 0.273. The van der Waals surface area contributed by atoms with Gasteiger partial charge in [-0.15, -0.1) is 0 Å². The Morgan fingerprint density at radius 1 is 1.69 bits per heavy atom. The predicted octanol–water partition coefficient (Wildman–Crippen LogP) is 1.25. The molecule has 1 amide bonds. The first-order valence-electron chi connectivity index (χ1n) is 4.83. The number of aliphatic hydroxyl groups excluding tert-OH is 1. The molecule has 16 heavy (non-hydrogen) atoms. The van der Waals surface area contributed by atoms with Crippen molar-refractivity contribution in [2.75, 3.05) is 6.61 Å². The molecule has 86 valence electrons. The fourth-order valence-corrected chi connectivity index (χ4v) is 1.11. The van der Waals surface area contributed by atoms with Gasteiger partial charge in [0, 0.05) is 18.3 Å². The summed E-state index contributed by atoms with van der Waals surface area (Å²) in [5.74, 6) is -0.253. The zero-order valence-electron chi connectivity index (χ0n) is 8.85. The molecule has 5 heteroatoms. The topological polar surface area (TPSA) is 62.2 Å². The van der Waals surface area contributed by atoms with Crippen LogP contribution in [0, 0.1) is 0 Å². The lowest BCUT2D eigenvalue weighted by molar-refractivity contribution is -0.117. The van der Waals surface area contributed by atoms with Crippen molar-refractivity contribution >= 4 is 23.6 Å². The van der Waals surface area contributed by atoms with Gasteiger partial charge in [0.25, 0.3) is 0 Å². The van der Waals surface area contributed by atoms with Crippen molar-refractivity contribution in [3.05, 3.63) is 35.1 Å². The standard InChI is InChI=1S/C11H13ClN2O2/c1-8(7-15)14-11(16)5-3-9-2-4-10(12)13-6-9/h2-6,8,15H,7H2,1H3,(H,14,16)/b5-3+. The Morgan fingerprint density at radius 2 is 2.44 bits per heavy atom. The van der Waals surface area contributed by atoms with E-state index in [4.69, 9.17) is 16.7 Å². The lowest BCUT2D eigenvalue weighted by atomic mass is 10.2. The minimum Gasteiger partial charge on any atom is -0.394 e. The molecule has 0 radical (unpaired) electrons. The van der Waals surface area contributed by atoms with Gasteiger partial charge in [0.1, 0.15) is 5.15 Å². The molecule has 0 saturated heterocycles. The minimum atomic E-state index is -0.253. The number of carbonyl (C=O) groups is 1. The van der Waals surface area contributed by atoms with E-state index >= 15 is 0 Å². The highest BCUT2D eigenvalue weighted by Crippen LogP contribution is 2.06. The van der Waals surface area contributed by atoms with Crippen LogP contribution in [0.25, 0.3) is 6.08 Å². The zero-order chi connectivity index (χ0) is 12.0. The number of nitrogens with one attached hydrogen (secondary N) is 1. The maximum absolute atomic E-state index is 11.3. The third kappa shape index (κ3) is 4.42. The minimum absolute atomic E-state index is 0.0813. The summed E-state index contributed by atoms with van der Waals surface area (Å²) in [6, 6.07) is 3.16. The molecule has 1 heterocycles. The summed E-state index contributed by atoms with van der Waals surface area (Å²) >= 11 is 5.62. The third-order valence-corrected chi connectivity index (χ3v) is 2.06. The molecular formula is C11H13ClN2O2. The predicted molar refractivity (Wildman–Crippen MR) is 63.0 cm³/mol. The van der Waals surface area contributed by atoms with Crippen molar-refractivity contribution in [1.29, 1.82) is 0 Å². The maximum atomic E-state index is 11.3. The van der Waals surface area contributed by atoms with Gasteiger partial charge in [-0.3, -0.25) is 4.79 Å². The average Bonchev–Trinajstić information content (AvgIpc) is 2.28. The Balaban J connectivity index is 2.53. The molecule has 2 N–H and O–H groups in total. The lowest BCUT2D eigenvalue weighted by Gasteiger charge is -2.07. The summed E-state index contributed by atoms with van der Waals surface area (Å²) in [5.41, 5.74) is 0.788. The highest BCUT2D eigenvalue weighted by atomic mass is 35.5. The van der Waals surface area contributed by atoms with Gasteiger partial charge in [0.2, 0.25) is 5.91 Å². The molecule has 4 nitrogen and oxygen atoms in total. The number of aromatic nitrogens is 1. The molecule has 0 aliphatic heterocycles. The van der Waals surface area contributed by atoms with Gasteiger partial charge in [-0.25, -0.2) is 4.98 Å². The van der Waals surface area contributed by atoms with Crippen molar-refractivity contribution < 1.29 is 9.90 Å². The summed E-state index contributed by atoms with van der Waals surface area (Å²) in [6.07, 6.45) is 4.58. The number of halogens is 1. The van der Waals surface area contributed by atoms with Gasteiger partial charge in [0.05, 0.1) is 6.61 Å². The second kappa shape index (κ2) is 6.25. The van der Waals surface area contributed by atoms with Crippen molar-refractivity contribution in [2.24, 2.45) is 0 Å². The van der Waals surface area contributed by atoms with E-state index < -0.39 is 0 Å². The number of hydrogen-bond donors (Lipinski definition) is 2. The van der Waals surface area contributed by atoms with Crippen molar-refractivity contribution in [3.8, 4) is 0 Å². The van der Waals surface area contributed by atoms with Crippen molar-refractivity contribution in [2.45, 2.75) is 13.0 Å². The number of aliphatic hydroxyl groups is 1. The Hall–Kier alpha value is -1.39. The number of carbonyl (C=O) groups excluding carboxylic acids is 1. The van der Waals surface area contributed by atoms with Crippen LogP contribution >= 0.6 is 11.6 Å². The van der Waals surface area contributed by atoms with E-state index in [2.05, 4.69) is 10.3 Å². The molecule has 1 rings (SSSR count). The second-order valence-corrected chi connectivity index (χ2v) is 3.73. The summed E-state index contributed by atoms with van der Waals surface area (Å²) in [4.78, 5) is 15.2. The first-order chi connectivity index (χ1) is 7.61. The van der Waals surface area contributed by atoms with Gasteiger partial charge in [-0.2, -0.15) is 0 Å². The molecule has 0 saturated carbocycles. The normalized spacial score (nSPS) is 12.7. The number of amides is 1. The highest BCUT2D eigenvalue weighted by Gasteiger charge is 2.01. The molecule has 0 aromatic carbocycles. The fourth-order valence-electron chi connectivity index (χ4n) is 0.994. The maximum Gasteiger partial charge on any atom is 0.244 e. The lowest BCUT2D eigenvalue weighted by Crippen LogP contribution is -2.33. The van der Waals surface area contributed by atoms with Crippen LogP contribution in [0.4, 0.5) is 0 Å². The van der Waals surface area contributed by atoms with Gasteiger partial charge in [0.15, 0.2) is 0 Å². The Morgan fingerprint density at radius 3 is 3.00 bits per heavy atom. The molecule has 1 aromatic rings. The van der Waals surface area contributed by atoms with E-state index in [1.54, 1.807) is 31.3 Å². The van der Waals surface area contributed by atoms with E-state index in [0.717, 1.165) is 5.56 Å². The van der Waals surface area contributed by atoms with Crippen LogP contribution in [0.1, 0.15) is 12.5 Å². The van der Waals surface area contributed by atoms with E-state index in [1.807, 2.05) is 0 Å².